The molecule has 27 heavy (non-hydrogen) atoms. The third kappa shape index (κ3) is 3.46. The van der Waals surface area contributed by atoms with Crippen molar-refractivity contribution in [1.29, 1.82) is 0 Å². The Kier molecular flexibility index (Phi) is 4.46. The maximum absolute atomic E-state index is 12.8. The summed E-state index contributed by atoms with van der Waals surface area (Å²) in [5, 5.41) is 6.83. The number of nitrogens with zero attached hydrogens (tertiary/aromatic N) is 3. The molecule has 4 rings (SSSR count). The predicted molar refractivity (Wildman–Crippen MR) is 103 cm³/mol. The topological polar surface area (TPSA) is 69.3 Å². The van der Waals surface area contributed by atoms with Crippen LogP contribution in [0, 0.1) is 6.92 Å². The van der Waals surface area contributed by atoms with Gasteiger partial charge in [0.2, 0.25) is 5.91 Å². The Hall–Kier alpha value is -3.41. The molecule has 0 unspecified atom stereocenters. The van der Waals surface area contributed by atoms with Gasteiger partial charge in [0.15, 0.2) is 0 Å². The van der Waals surface area contributed by atoms with Gasteiger partial charge < -0.3 is 9.80 Å². The standard InChI is InChI=1S/C21H20N4O2/c1-15-2-8-18(9-3-15)25-13-12-24(14-20(25)26)21(27)17-6-4-16(5-7-17)19-10-11-22-23-19/h2-11H,12-14H2,1H3,(H,22,23). The molecule has 136 valence electrons. The summed E-state index contributed by atoms with van der Waals surface area (Å²) in [6, 6.07) is 17.1. The first-order valence-electron chi connectivity index (χ1n) is 8.88. The Balaban J connectivity index is 1.44. The summed E-state index contributed by atoms with van der Waals surface area (Å²) in [5.74, 6) is -0.185. The van der Waals surface area contributed by atoms with Crippen LogP contribution >= 0.6 is 0 Å². The molecule has 0 radical (unpaired) electrons. The van der Waals surface area contributed by atoms with Gasteiger partial charge in [-0.05, 0) is 42.8 Å². The number of H-pyrrole nitrogens is 1. The van der Waals surface area contributed by atoms with Gasteiger partial charge in [-0.1, -0.05) is 29.8 Å². The van der Waals surface area contributed by atoms with Crippen LogP contribution in [-0.4, -0.2) is 46.5 Å². The van der Waals surface area contributed by atoms with E-state index < -0.39 is 0 Å². The fourth-order valence-electron chi connectivity index (χ4n) is 3.24. The molecule has 2 amide bonds. The van der Waals surface area contributed by atoms with E-state index in [1.54, 1.807) is 28.1 Å². The summed E-state index contributed by atoms with van der Waals surface area (Å²) in [6.45, 7) is 3.12. The highest BCUT2D eigenvalue weighted by molar-refractivity contribution is 6.01. The van der Waals surface area contributed by atoms with E-state index in [0.717, 1.165) is 22.5 Å². The lowest BCUT2D eigenvalue weighted by Gasteiger charge is -2.34. The normalized spacial score (nSPS) is 14.5. The van der Waals surface area contributed by atoms with Crippen molar-refractivity contribution >= 4 is 17.5 Å². The van der Waals surface area contributed by atoms with Gasteiger partial charge in [-0.2, -0.15) is 5.10 Å². The van der Waals surface area contributed by atoms with Crippen molar-refractivity contribution < 1.29 is 9.59 Å². The molecule has 2 aromatic carbocycles. The number of nitrogens with one attached hydrogen (secondary N) is 1. The number of benzene rings is 2. The molecule has 2 heterocycles. The molecule has 1 aromatic heterocycles. The third-order valence-electron chi connectivity index (χ3n) is 4.80. The molecular formula is C21H20N4O2. The molecule has 1 fully saturated rings. The number of aryl methyl sites for hydroxylation is 1. The lowest BCUT2D eigenvalue weighted by molar-refractivity contribution is -0.120. The van der Waals surface area contributed by atoms with Crippen molar-refractivity contribution in [1.82, 2.24) is 15.1 Å². The van der Waals surface area contributed by atoms with Gasteiger partial charge in [0.05, 0.1) is 5.69 Å². The quantitative estimate of drug-likeness (QED) is 0.781. The average Bonchev–Trinajstić information content (AvgIpc) is 3.23. The van der Waals surface area contributed by atoms with E-state index in [9.17, 15) is 9.59 Å². The van der Waals surface area contributed by atoms with Crippen LogP contribution in [0.4, 0.5) is 5.69 Å². The molecule has 1 N–H and O–H groups in total. The number of hydrogen-bond acceptors (Lipinski definition) is 3. The minimum Gasteiger partial charge on any atom is -0.328 e. The van der Waals surface area contributed by atoms with Crippen molar-refractivity contribution in [2.75, 3.05) is 24.5 Å². The van der Waals surface area contributed by atoms with Crippen LogP contribution < -0.4 is 4.90 Å². The lowest BCUT2D eigenvalue weighted by Crippen LogP contribution is -2.52. The Morgan fingerprint density at radius 2 is 1.74 bits per heavy atom. The maximum Gasteiger partial charge on any atom is 0.254 e. The number of carbonyl (C=O) groups excluding carboxylic acids is 2. The molecule has 0 saturated carbocycles. The molecule has 0 atom stereocenters. The van der Waals surface area contributed by atoms with E-state index in [4.69, 9.17) is 0 Å². The van der Waals surface area contributed by atoms with Gasteiger partial charge in [0.1, 0.15) is 6.54 Å². The van der Waals surface area contributed by atoms with Gasteiger partial charge in [-0.15, -0.1) is 0 Å². The van der Waals surface area contributed by atoms with Crippen molar-refractivity contribution in [2.45, 2.75) is 6.92 Å². The van der Waals surface area contributed by atoms with E-state index >= 15 is 0 Å². The van der Waals surface area contributed by atoms with Crippen LogP contribution in [0.5, 0.6) is 0 Å². The van der Waals surface area contributed by atoms with E-state index in [2.05, 4.69) is 10.2 Å². The summed E-state index contributed by atoms with van der Waals surface area (Å²) < 4.78 is 0. The molecule has 1 saturated heterocycles. The first-order valence-corrected chi connectivity index (χ1v) is 8.88. The summed E-state index contributed by atoms with van der Waals surface area (Å²) in [6.07, 6.45) is 1.69. The van der Waals surface area contributed by atoms with Crippen molar-refractivity contribution in [3.63, 3.8) is 0 Å². The second-order valence-corrected chi connectivity index (χ2v) is 6.66. The Bertz CT molecular complexity index is 947. The Morgan fingerprint density at radius 3 is 2.37 bits per heavy atom. The van der Waals surface area contributed by atoms with Crippen molar-refractivity contribution in [3.05, 3.63) is 71.9 Å². The first-order chi connectivity index (χ1) is 13.1. The van der Waals surface area contributed by atoms with Crippen LogP contribution in [0.2, 0.25) is 0 Å². The molecule has 1 aliphatic heterocycles. The summed E-state index contributed by atoms with van der Waals surface area (Å²) in [5.41, 5.74) is 4.47. The predicted octanol–water partition coefficient (Wildman–Crippen LogP) is 2.87. The van der Waals surface area contributed by atoms with Crippen LogP contribution in [0.3, 0.4) is 0 Å². The third-order valence-corrected chi connectivity index (χ3v) is 4.80. The van der Waals surface area contributed by atoms with Crippen LogP contribution in [0.15, 0.2) is 60.8 Å². The minimum absolute atomic E-state index is 0.0625. The molecule has 3 aromatic rings. The second-order valence-electron chi connectivity index (χ2n) is 6.66. The second kappa shape index (κ2) is 7.07. The summed E-state index contributed by atoms with van der Waals surface area (Å²) in [4.78, 5) is 28.7. The molecule has 6 heteroatoms. The number of anilines is 1. The van der Waals surface area contributed by atoms with Crippen LogP contribution in [0.1, 0.15) is 15.9 Å². The zero-order chi connectivity index (χ0) is 18.8. The van der Waals surface area contributed by atoms with E-state index in [1.165, 1.54) is 0 Å². The van der Waals surface area contributed by atoms with Crippen LogP contribution in [0.25, 0.3) is 11.3 Å². The maximum atomic E-state index is 12.8. The highest BCUT2D eigenvalue weighted by Crippen LogP contribution is 2.20. The fourth-order valence-corrected chi connectivity index (χ4v) is 3.24. The van der Waals surface area contributed by atoms with Gasteiger partial charge >= 0.3 is 0 Å². The number of aromatic nitrogens is 2. The summed E-state index contributed by atoms with van der Waals surface area (Å²) >= 11 is 0. The molecular weight excluding hydrogens is 340 g/mol. The number of rotatable bonds is 3. The lowest BCUT2D eigenvalue weighted by atomic mass is 10.1. The zero-order valence-electron chi connectivity index (χ0n) is 15.1. The minimum atomic E-state index is -0.122. The Morgan fingerprint density at radius 1 is 1.00 bits per heavy atom. The number of piperazine rings is 1. The number of carbonyl (C=O) groups is 2. The molecule has 0 aliphatic carbocycles. The van der Waals surface area contributed by atoms with Crippen LogP contribution in [-0.2, 0) is 4.79 Å². The monoisotopic (exact) mass is 360 g/mol. The SMILES string of the molecule is Cc1ccc(N2CCN(C(=O)c3ccc(-c4ccn[nH]4)cc3)CC2=O)cc1. The van der Waals surface area contributed by atoms with E-state index in [0.29, 0.717) is 18.7 Å². The smallest absolute Gasteiger partial charge is 0.254 e. The Labute approximate surface area is 157 Å². The highest BCUT2D eigenvalue weighted by Gasteiger charge is 2.28. The number of hydrogen-bond donors (Lipinski definition) is 1. The van der Waals surface area contributed by atoms with Gasteiger partial charge in [0.25, 0.3) is 5.91 Å². The average molecular weight is 360 g/mol. The number of amides is 2. The molecule has 6 nitrogen and oxygen atoms in total. The zero-order valence-corrected chi connectivity index (χ0v) is 15.1. The van der Waals surface area contributed by atoms with Gasteiger partial charge in [-0.25, -0.2) is 0 Å². The largest absolute Gasteiger partial charge is 0.328 e. The number of aromatic amines is 1. The van der Waals surface area contributed by atoms with Gasteiger partial charge in [0, 0.05) is 30.5 Å². The first kappa shape index (κ1) is 17.0. The van der Waals surface area contributed by atoms with E-state index in [1.807, 2.05) is 49.4 Å². The molecule has 1 aliphatic rings. The molecule has 0 spiro atoms. The van der Waals surface area contributed by atoms with Crippen molar-refractivity contribution in [2.24, 2.45) is 0 Å². The van der Waals surface area contributed by atoms with Crippen molar-refractivity contribution in [3.8, 4) is 11.3 Å². The molecule has 0 bridgehead atoms. The van der Waals surface area contributed by atoms with E-state index in [-0.39, 0.29) is 18.4 Å². The van der Waals surface area contributed by atoms with Gasteiger partial charge in [-0.3, -0.25) is 14.7 Å². The summed E-state index contributed by atoms with van der Waals surface area (Å²) in [7, 11) is 0. The fraction of sp³-hybridized carbons (Fsp3) is 0.190. The highest BCUT2D eigenvalue weighted by atomic mass is 16.2.